The van der Waals surface area contributed by atoms with E-state index in [4.69, 9.17) is 9.47 Å². The summed E-state index contributed by atoms with van der Waals surface area (Å²) in [5, 5.41) is 0. The van der Waals surface area contributed by atoms with Crippen molar-refractivity contribution in [1.29, 1.82) is 0 Å². The topological polar surface area (TPSA) is 38.8 Å². The average molecular weight is 315 g/mol. The van der Waals surface area contributed by atoms with Crippen LogP contribution in [0.5, 0.6) is 0 Å². The van der Waals surface area contributed by atoms with Crippen LogP contribution in [0.1, 0.15) is 28.8 Å². The standard InChI is InChI=1S/C19H25NO3/c1-14-4-2-3-5-17(14)18(21)20-8-16-10-23-13-19(16,11-20)12-22-9-15-6-7-15/h2-5,15-16H,6-13H2,1H3/t16-,19-/m1/s1. The summed E-state index contributed by atoms with van der Waals surface area (Å²) in [6.07, 6.45) is 2.62. The highest BCUT2D eigenvalue weighted by molar-refractivity contribution is 5.95. The normalized spacial score (nSPS) is 29.8. The number of benzene rings is 1. The summed E-state index contributed by atoms with van der Waals surface area (Å²) >= 11 is 0. The summed E-state index contributed by atoms with van der Waals surface area (Å²) in [5.74, 6) is 1.34. The van der Waals surface area contributed by atoms with E-state index in [1.165, 1.54) is 12.8 Å². The molecule has 1 aliphatic carbocycles. The second-order valence-electron chi connectivity index (χ2n) is 7.53. The fourth-order valence-corrected chi connectivity index (χ4v) is 3.89. The zero-order valence-electron chi connectivity index (χ0n) is 13.8. The Labute approximate surface area is 137 Å². The Morgan fingerprint density at radius 1 is 1.39 bits per heavy atom. The van der Waals surface area contributed by atoms with Crippen molar-refractivity contribution < 1.29 is 14.3 Å². The summed E-state index contributed by atoms with van der Waals surface area (Å²) in [4.78, 5) is 14.9. The van der Waals surface area contributed by atoms with Crippen molar-refractivity contribution in [2.45, 2.75) is 19.8 Å². The van der Waals surface area contributed by atoms with Crippen molar-refractivity contribution in [3.8, 4) is 0 Å². The third kappa shape index (κ3) is 2.90. The number of rotatable bonds is 5. The van der Waals surface area contributed by atoms with Crippen LogP contribution in [0.4, 0.5) is 0 Å². The van der Waals surface area contributed by atoms with Crippen molar-refractivity contribution >= 4 is 5.91 Å². The summed E-state index contributed by atoms with van der Waals surface area (Å²) < 4.78 is 11.7. The molecule has 0 spiro atoms. The quantitative estimate of drug-likeness (QED) is 0.838. The van der Waals surface area contributed by atoms with Crippen molar-refractivity contribution in [3.05, 3.63) is 35.4 Å². The SMILES string of the molecule is Cc1ccccc1C(=O)N1C[C@@H]2COC[C@]2(COCC2CC2)C1. The van der Waals surface area contributed by atoms with Crippen LogP contribution in [0.25, 0.3) is 0 Å². The number of ether oxygens (including phenoxy) is 2. The minimum Gasteiger partial charge on any atom is -0.380 e. The predicted octanol–water partition coefficient (Wildman–Crippen LogP) is 2.51. The van der Waals surface area contributed by atoms with Crippen molar-refractivity contribution in [3.63, 3.8) is 0 Å². The van der Waals surface area contributed by atoms with E-state index in [1.54, 1.807) is 0 Å². The second kappa shape index (κ2) is 5.91. The lowest BCUT2D eigenvalue weighted by Crippen LogP contribution is -2.37. The number of aryl methyl sites for hydroxylation is 1. The summed E-state index contributed by atoms with van der Waals surface area (Å²) in [6, 6.07) is 7.85. The van der Waals surface area contributed by atoms with Gasteiger partial charge in [-0.3, -0.25) is 4.79 Å². The Morgan fingerprint density at radius 2 is 2.22 bits per heavy atom. The van der Waals surface area contributed by atoms with E-state index in [0.29, 0.717) is 5.92 Å². The first-order chi connectivity index (χ1) is 11.2. The molecule has 0 radical (unpaired) electrons. The highest BCUT2D eigenvalue weighted by Crippen LogP contribution is 2.42. The number of likely N-dealkylation sites (tertiary alicyclic amines) is 1. The molecule has 0 bridgehead atoms. The molecule has 2 atom stereocenters. The number of carbonyl (C=O) groups is 1. The number of carbonyl (C=O) groups excluding carboxylic acids is 1. The molecule has 0 N–H and O–H groups in total. The first-order valence-corrected chi connectivity index (χ1v) is 8.68. The van der Waals surface area contributed by atoms with Gasteiger partial charge in [0.25, 0.3) is 5.91 Å². The molecular weight excluding hydrogens is 290 g/mol. The van der Waals surface area contributed by atoms with E-state index >= 15 is 0 Å². The molecule has 23 heavy (non-hydrogen) atoms. The summed E-state index contributed by atoms with van der Waals surface area (Å²) in [5.41, 5.74) is 1.88. The Kier molecular flexibility index (Phi) is 3.90. The van der Waals surface area contributed by atoms with E-state index in [9.17, 15) is 4.79 Å². The van der Waals surface area contributed by atoms with Gasteiger partial charge in [-0.25, -0.2) is 0 Å². The van der Waals surface area contributed by atoms with Crippen molar-refractivity contribution in [2.24, 2.45) is 17.3 Å². The van der Waals surface area contributed by atoms with Crippen molar-refractivity contribution in [2.75, 3.05) is 39.5 Å². The number of nitrogens with zero attached hydrogens (tertiary/aromatic N) is 1. The Morgan fingerprint density at radius 3 is 3.00 bits per heavy atom. The number of hydrogen-bond donors (Lipinski definition) is 0. The number of hydrogen-bond acceptors (Lipinski definition) is 3. The largest absolute Gasteiger partial charge is 0.380 e. The van der Waals surface area contributed by atoms with E-state index < -0.39 is 0 Å². The van der Waals surface area contributed by atoms with Gasteiger partial charge in [0, 0.05) is 36.6 Å². The van der Waals surface area contributed by atoms with Gasteiger partial charge >= 0.3 is 0 Å². The Bertz CT molecular complexity index is 598. The third-order valence-corrected chi connectivity index (χ3v) is 5.62. The van der Waals surface area contributed by atoms with Gasteiger partial charge in [-0.05, 0) is 37.3 Å². The van der Waals surface area contributed by atoms with E-state index in [1.807, 2.05) is 36.1 Å². The lowest BCUT2D eigenvalue weighted by atomic mass is 9.82. The zero-order valence-corrected chi connectivity index (χ0v) is 13.8. The third-order valence-electron chi connectivity index (χ3n) is 5.62. The molecule has 124 valence electrons. The molecule has 1 saturated carbocycles. The maximum Gasteiger partial charge on any atom is 0.254 e. The Hall–Kier alpha value is -1.39. The smallest absolute Gasteiger partial charge is 0.254 e. The first-order valence-electron chi connectivity index (χ1n) is 8.68. The number of fused-ring (bicyclic) bond motifs is 1. The van der Waals surface area contributed by atoms with E-state index in [0.717, 1.165) is 56.6 Å². The average Bonchev–Trinajstić information content (AvgIpc) is 3.17. The molecule has 1 amide bonds. The van der Waals surface area contributed by atoms with Gasteiger partial charge in [-0.1, -0.05) is 18.2 Å². The van der Waals surface area contributed by atoms with E-state index in [2.05, 4.69) is 0 Å². The maximum absolute atomic E-state index is 12.9. The molecular formula is C19H25NO3. The zero-order chi connectivity index (χ0) is 15.9. The van der Waals surface area contributed by atoms with Crippen LogP contribution in [0.3, 0.4) is 0 Å². The molecule has 2 saturated heterocycles. The van der Waals surface area contributed by atoms with Crippen LogP contribution >= 0.6 is 0 Å². The lowest BCUT2D eigenvalue weighted by molar-refractivity contribution is 0.0223. The molecule has 1 aromatic rings. The molecule has 4 nitrogen and oxygen atoms in total. The lowest BCUT2D eigenvalue weighted by Gasteiger charge is -2.27. The van der Waals surface area contributed by atoms with Crippen LogP contribution < -0.4 is 0 Å². The summed E-state index contributed by atoms with van der Waals surface area (Å²) in [7, 11) is 0. The van der Waals surface area contributed by atoms with Crippen LogP contribution in [0, 0.1) is 24.2 Å². The molecule has 0 unspecified atom stereocenters. The van der Waals surface area contributed by atoms with Gasteiger partial charge in [-0.2, -0.15) is 0 Å². The molecule has 3 aliphatic rings. The minimum absolute atomic E-state index is 0.00718. The van der Waals surface area contributed by atoms with Gasteiger partial charge in [0.2, 0.25) is 0 Å². The highest BCUT2D eigenvalue weighted by atomic mass is 16.5. The number of amides is 1. The predicted molar refractivity (Wildman–Crippen MR) is 87.4 cm³/mol. The monoisotopic (exact) mass is 315 g/mol. The molecule has 1 aromatic carbocycles. The maximum atomic E-state index is 12.9. The molecule has 2 aliphatic heterocycles. The Balaban J connectivity index is 1.45. The van der Waals surface area contributed by atoms with Gasteiger partial charge in [0.05, 0.1) is 19.8 Å². The summed E-state index contributed by atoms with van der Waals surface area (Å²) in [6.45, 7) is 6.63. The van der Waals surface area contributed by atoms with Crippen LogP contribution in [-0.2, 0) is 9.47 Å². The van der Waals surface area contributed by atoms with Gasteiger partial charge < -0.3 is 14.4 Å². The van der Waals surface area contributed by atoms with Gasteiger partial charge in [0.1, 0.15) is 0 Å². The van der Waals surface area contributed by atoms with Crippen LogP contribution in [-0.4, -0.2) is 50.3 Å². The van der Waals surface area contributed by atoms with Crippen LogP contribution in [0.2, 0.25) is 0 Å². The molecule has 3 fully saturated rings. The fraction of sp³-hybridized carbons (Fsp3) is 0.632. The fourth-order valence-electron chi connectivity index (χ4n) is 3.89. The van der Waals surface area contributed by atoms with Gasteiger partial charge in [0.15, 0.2) is 0 Å². The second-order valence-corrected chi connectivity index (χ2v) is 7.53. The van der Waals surface area contributed by atoms with Crippen LogP contribution in [0.15, 0.2) is 24.3 Å². The van der Waals surface area contributed by atoms with Gasteiger partial charge in [-0.15, -0.1) is 0 Å². The first kappa shape index (κ1) is 15.2. The molecule has 4 rings (SSSR count). The molecule has 0 aromatic heterocycles. The van der Waals surface area contributed by atoms with Crippen molar-refractivity contribution in [1.82, 2.24) is 4.90 Å². The minimum atomic E-state index is 0.00718. The molecule has 4 heteroatoms. The van der Waals surface area contributed by atoms with E-state index in [-0.39, 0.29) is 11.3 Å². The highest BCUT2D eigenvalue weighted by Gasteiger charge is 2.52. The molecule has 2 heterocycles.